The summed E-state index contributed by atoms with van der Waals surface area (Å²) in [7, 11) is 1.69. The zero-order chi connectivity index (χ0) is 13.7. The number of nitrogens with one attached hydrogen (secondary N) is 1. The van der Waals surface area contributed by atoms with Crippen LogP contribution in [0.4, 0.5) is 4.79 Å². The number of carbonyl (C=O) groups is 1. The van der Waals surface area contributed by atoms with Crippen LogP contribution in [0.1, 0.15) is 5.56 Å². The first-order chi connectivity index (χ1) is 9.16. The lowest BCUT2D eigenvalue weighted by Crippen LogP contribution is -2.36. The highest BCUT2D eigenvalue weighted by atomic mass is 16.6. The maximum atomic E-state index is 11.8. The third-order valence-electron chi connectivity index (χ3n) is 3.33. The molecule has 0 aliphatic carbocycles. The Bertz CT molecular complexity index is 410. The van der Waals surface area contributed by atoms with Crippen molar-refractivity contribution >= 4 is 6.09 Å². The molecule has 0 aromatic heterocycles. The summed E-state index contributed by atoms with van der Waals surface area (Å²) in [5, 5.41) is 12.8. The largest absolute Gasteiger partial charge is 0.445 e. The van der Waals surface area contributed by atoms with Crippen molar-refractivity contribution in [3.05, 3.63) is 35.9 Å². The molecule has 0 radical (unpaired) electrons. The lowest BCUT2D eigenvalue weighted by Gasteiger charge is -2.22. The van der Waals surface area contributed by atoms with Crippen molar-refractivity contribution in [1.82, 2.24) is 10.2 Å². The number of carbonyl (C=O) groups excluding carboxylic acids is 1. The van der Waals surface area contributed by atoms with Gasteiger partial charge in [-0.1, -0.05) is 30.3 Å². The lowest BCUT2D eigenvalue weighted by molar-refractivity contribution is 0.0845. The number of hydrogen-bond acceptors (Lipinski definition) is 4. The van der Waals surface area contributed by atoms with Crippen molar-refractivity contribution in [2.75, 3.05) is 26.7 Å². The number of β-amino-alcohol motifs (C(OH)–C–C–N with tert-alkyl or cyclic N) is 1. The van der Waals surface area contributed by atoms with Gasteiger partial charge in [0, 0.05) is 32.6 Å². The minimum atomic E-state index is -0.385. The molecule has 2 rings (SSSR count). The van der Waals surface area contributed by atoms with Gasteiger partial charge in [-0.15, -0.1) is 0 Å². The molecule has 1 heterocycles. The molecule has 5 nitrogen and oxygen atoms in total. The van der Waals surface area contributed by atoms with E-state index in [0.29, 0.717) is 13.1 Å². The molecule has 5 heteroatoms. The summed E-state index contributed by atoms with van der Waals surface area (Å²) in [5.41, 5.74) is 0.965. The summed E-state index contributed by atoms with van der Waals surface area (Å²) < 4.78 is 5.22. The second-order valence-electron chi connectivity index (χ2n) is 4.91. The van der Waals surface area contributed by atoms with Gasteiger partial charge in [0.1, 0.15) is 6.61 Å². The molecule has 1 fully saturated rings. The van der Waals surface area contributed by atoms with E-state index in [1.165, 1.54) is 4.90 Å². The molecule has 1 saturated heterocycles. The topological polar surface area (TPSA) is 61.8 Å². The van der Waals surface area contributed by atoms with Crippen molar-refractivity contribution in [1.29, 1.82) is 0 Å². The minimum absolute atomic E-state index is 0.0780. The number of aliphatic hydroxyl groups is 1. The predicted molar refractivity (Wildman–Crippen MR) is 71.6 cm³/mol. The van der Waals surface area contributed by atoms with E-state index in [9.17, 15) is 9.90 Å². The zero-order valence-corrected chi connectivity index (χ0v) is 11.1. The monoisotopic (exact) mass is 264 g/mol. The second-order valence-corrected chi connectivity index (χ2v) is 4.91. The van der Waals surface area contributed by atoms with Crippen molar-refractivity contribution in [3.63, 3.8) is 0 Å². The molecule has 0 unspecified atom stereocenters. The van der Waals surface area contributed by atoms with Gasteiger partial charge < -0.3 is 20.1 Å². The first-order valence-corrected chi connectivity index (χ1v) is 6.47. The van der Waals surface area contributed by atoms with Crippen LogP contribution in [0.15, 0.2) is 30.3 Å². The normalized spacial score (nSPS) is 22.2. The highest BCUT2D eigenvalue weighted by Crippen LogP contribution is 2.11. The zero-order valence-electron chi connectivity index (χ0n) is 11.1. The Morgan fingerprint density at radius 1 is 1.42 bits per heavy atom. The molecule has 0 bridgehead atoms. The first kappa shape index (κ1) is 13.8. The SMILES string of the molecule is CN(C[C@H]1CNC[C@H]1O)C(=O)OCc1ccccc1. The van der Waals surface area contributed by atoms with E-state index < -0.39 is 0 Å². The van der Waals surface area contributed by atoms with Crippen LogP contribution >= 0.6 is 0 Å². The lowest BCUT2D eigenvalue weighted by atomic mass is 10.1. The molecule has 0 spiro atoms. The maximum Gasteiger partial charge on any atom is 0.409 e. The van der Waals surface area contributed by atoms with Crippen LogP contribution in [-0.2, 0) is 11.3 Å². The Hall–Kier alpha value is -1.59. The molecule has 2 atom stereocenters. The molecule has 104 valence electrons. The highest BCUT2D eigenvalue weighted by Gasteiger charge is 2.27. The highest BCUT2D eigenvalue weighted by molar-refractivity contribution is 5.67. The van der Waals surface area contributed by atoms with Crippen LogP contribution in [0, 0.1) is 5.92 Å². The van der Waals surface area contributed by atoms with Crippen LogP contribution in [0.25, 0.3) is 0 Å². The molecule has 1 aliphatic rings. The van der Waals surface area contributed by atoms with Crippen LogP contribution < -0.4 is 5.32 Å². The molecule has 1 amide bonds. The number of nitrogens with zero attached hydrogens (tertiary/aromatic N) is 1. The van der Waals surface area contributed by atoms with E-state index in [1.807, 2.05) is 30.3 Å². The van der Waals surface area contributed by atoms with E-state index in [1.54, 1.807) is 7.05 Å². The van der Waals surface area contributed by atoms with E-state index >= 15 is 0 Å². The summed E-state index contributed by atoms with van der Waals surface area (Å²) in [6.45, 7) is 2.10. The van der Waals surface area contributed by atoms with Crippen molar-refractivity contribution in [2.24, 2.45) is 5.92 Å². The van der Waals surface area contributed by atoms with Crippen molar-refractivity contribution in [2.45, 2.75) is 12.7 Å². The third-order valence-corrected chi connectivity index (χ3v) is 3.33. The minimum Gasteiger partial charge on any atom is -0.445 e. The van der Waals surface area contributed by atoms with Gasteiger partial charge in [-0.3, -0.25) is 0 Å². The number of amides is 1. The average molecular weight is 264 g/mol. The Balaban J connectivity index is 1.76. The van der Waals surface area contributed by atoms with Crippen LogP contribution in [-0.4, -0.2) is 48.9 Å². The van der Waals surface area contributed by atoms with Gasteiger partial charge in [0.15, 0.2) is 0 Å². The summed E-state index contributed by atoms with van der Waals surface area (Å²) in [5.74, 6) is 0.0780. The van der Waals surface area contributed by atoms with Gasteiger partial charge in [-0.2, -0.15) is 0 Å². The molecule has 1 aromatic carbocycles. The van der Waals surface area contributed by atoms with Crippen molar-refractivity contribution < 1.29 is 14.6 Å². The molecule has 2 N–H and O–H groups in total. The van der Waals surface area contributed by atoms with E-state index in [4.69, 9.17) is 4.74 Å². The Kier molecular flexibility index (Phi) is 4.76. The average Bonchev–Trinajstić information content (AvgIpc) is 2.82. The van der Waals surface area contributed by atoms with Gasteiger partial charge in [0.25, 0.3) is 0 Å². The summed E-state index contributed by atoms with van der Waals surface area (Å²) in [4.78, 5) is 13.3. The van der Waals surface area contributed by atoms with Crippen LogP contribution in [0.2, 0.25) is 0 Å². The summed E-state index contributed by atoms with van der Waals surface area (Å²) in [6, 6.07) is 9.57. The Labute approximate surface area is 113 Å². The number of benzene rings is 1. The van der Waals surface area contributed by atoms with Crippen molar-refractivity contribution in [3.8, 4) is 0 Å². The summed E-state index contributed by atoms with van der Waals surface area (Å²) in [6.07, 6.45) is -0.743. The number of rotatable bonds is 4. The Morgan fingerprint density at radius 3 is 2.79 bits per heavy atom. The fourth-order valence-corrected chi connectivity index (χ4v) is 2.16. The fraction of sp³-hybridized carbons (Fsp3) is 0.500. The fourth-order valence-electron chi connectivity index (χ4n) is 2.16. The third kappa shape index (κ3) is 3.94. The predicted octanol–water partition coefficient (Wildman–Crippen LogP) is 0.835. The number of aliphatic hydroxyl groups excluding tert-OH is 1. The van der Waals surface area contributed by atoms with E-state index in [2.05, 4.69) is 5.32 Å². The van der Waals surface area contributed by atoms with Gasteiger partial charge in [-0.25, -0.2) is 4.79 Å². The van der Waals surface area contributed by atoms with Gasteiger partial charge in [-0.05, 0) is 5.56 Å². The molecule has 0 saturated carbocycles. The molecular formula is C14H20N2O3. The molecular weight excluding hydrogens is 244 g/mol. The number of hydrogen-bond donors (Lipinski definition) is 2. The molecule has 1 aliphatic heterocycles. The van der Waals surface area contributed by atoms with Crippen LogP contribution in [0.5, 0.6) is 0 Å². The molecule has 19 heavy (non-hydrogen) atoms. The first-order valence-electron chi connectivity index (χ1n) is 6.47. The maximum absolute atomic E-state index is 11.8. The standard InChI is InChI=1S/C14H20N2O3/c1-16(9-12-7-15-8-13(12)17)14(18)19-10-11-5-3-2-4-6-11/h2-6,12-13,15,17H,7-10H2,1H3/t12-,13-/m1/s1. The van der Waals surface area contributed by atoms with E-state index in [-0.39, 0.29) is 24.7 Å². The quantitative estimate of drug-likeness (QED) is 0.846. The number of ether oxygens (including phenoxy) is 1. The van der Waals surface area contributed by atoms with Gasteiger partial charge in [0.05, 0.1) is 6.10 Å². The van der Waals surface area contributed by atoms with E-state index in [0.717, 1.165) is 12.1 Å². The Morgan fingerprint density at radius 2 is 2.16 bits per heavy atom. The second kappa shape index (κ2) is 6.54. The smallest absolute Gasteiger partial charge is 0.409 e. The van der Waals surface area contributed by atoms with Gasteiger partial charge >= 0.3 is 6.09 Å². The van der Waals surface area contributed by atoms with Gasteiger partial charge in [0.2, 0.25) is 0 Å². The molecule has 1 aromatic rings. The van der Waals surface area contributed by atoms with Crippen LogP contribution in [0.3, 0.4) is 0 Å². The summed E-state index contributed by atoms with van der Waals surface area (Å²) >= 11 is 0.